The van der Waals surface area contributed by atoms with Gasteiger partial charge in [-0.1, -0.05) is 25.0 Å². The van der Waals surface area contributed by atoms with Gasteiger partial charge in [-0.15, -0.1) is 12.4 Å². The topological polar surface area (TPSA) is 32.3 Å². The zero-order valence-corrected chi connectivity index (χ0v) is 14.1. The molecule has 5 heteroatoms. The highest BCUT2D eigenvalue weighted by Gasteiger charge is 2.48. The van der Waals surface area contributed by atoms with E-state index >= 15 is 0 Å². The molecule has 0 spiro atoms. The molecule has 2 aliphatic heterocycles. The molecule has 1 saturated carbocycles. The van der Waals surface area contributed by atoms with Crippen molar-refractivity contribution < 1.29 is 9.18 Å². The molecule has 4 rings (SSSR count). The number of hydrogen-bond acceptors (Lipinski definition) is 2. The van der Waals surface area contributed by atoms with Gasteiger partial charge in [-0.3, -0.25) is 4.79 Å². The van der Waals surface area contributed by atoms with Crippen LogP contribution in [0.1, 0.15) is 31.2 Å². The van der Waals surface area contributed by atoms with Gasteiger partial charge in [0.15, 0.2) is 0 Å². The summed E-state index contributed by atoms with van der Waals surface area (Å²) in [5.41, 5.74) is 0.402. The minimum atomic E-state index is -0.478. The van der Waals surface area contributed by atoms with Crippen LogP contribution >= 0.6 is 12.4 Å². The maximum Gasteiger partial charge on any atom is 0.233 e. The van der Waals surface area contributed by atoms with Gasteiger partial charge in [0.2, 0.25) is 5.91 Å². The van der Waals surface area contributed by atoms with Crippen molar-refractivity contribution >= 4 is 18.3 Å². The van der Waals surface area contributed by atoms with Crippen molar-refractivity contribution in [2.24, 2.45) is 11.8 Å². The van der Waals surface area contributed by atoms with Gasteiger partial charge >= 0.3 is 0 Å². The standard InChI is InChI=1S/C18H23FN2O.ClH/c19-16-5-3-4-15(8-16)18(6-1-2-7-18)17(22)21-11-13-9-20-10-14(13)12-21;/h3-5,8,13-14,20H,1-2,6-7,9-12H2;1H/t13-,14+;. The van der Waals surface area contributed by atoms with Crippen LogP contribution in [-0.2, 0) is 10.2 Å². The Morgan fingerprint density at radius 1 is 1.17 bits per heavy atom. The van der Waals surface area contributed by atoms with E-state index in [2.05, 4.69) is 10.2 Å². The van der Waals surface area contributed by atoms with Gasteiger partial charge < -0.3 is 10.2 Å². The molecule has 0 radical (unpaired) electrons. The van der Waals surface area contributed by atoms with Crippen LogP contribution in [-0.4, -0.2) is 37.0 Å². The highest BCUT2D eigenvalue weighted by atomic mass is 35.5. The SMILES string of the molecule is Cl.O=C(N1C[C@H]2CNC[C@H]2C1)C1(c2cccc(F)c2)CCCC1. The Labute approximate surface area is 143 Å². The second-order valence-corrected chi connectivity index (χ2v) is 7.19. The lowest BCUT2D eigenvalue weighted by molar-refractivity contribution is -0.136. The molecule has 0 bridgehead atoms. The van der Waals surface area contributed by atoms with E-state index < -0.39 is 5.41 Å². The third-order valence-electron chi connectivity index (χ3n) is 5.92. The van der Waals surface area contributed by atoms with E-state index in [0.29, 0.717) is 11.8 Å². The number of fused-ring (bicyclic) bond motifs is 1. The summed E-state index contributed by atoms with van der Waals surface area (Å²) in [7, 11) is 0. The molecule has 23 heavy (non-hydrogen) atoms. The van der Waals surface area contributed by atoms with E-state index in [1.807, 2.05) is 6.07 Å². The Hall–Kier alpha value is -1.13. The number of carbonyl (C=O) groups is 1. The number of amides is 1. The number of hydrogen-bond donors (Lipinski definition) is 1. The lowest BCUT2D eigenvalue weighted by Crippen LogP contribution is -2.45. The third-order valence-corrected chi connectivity index (χ3v) is 5.92. The summed E-state index contributed by atoms with van der Waals surface area (Å²) in [6.45, 7) is 3.80. The molecule has 1 amide bonds. The number of rotatable bonds is 2. The molecule has 2 heterocycles. The average molecular weight is 339 g/mol. The molecule has 126 valence electrons. The lowest BCUT2D eigenvalue weighted by atomic mass is 9.77. The summed E-state index contributed by atoms with van der Waals surface area (Å²) in [6, 6.07) is 6.70. The van der Waals surface area contributed by atoms with Crippen LogP contribution in [0.15, 0.2) is 24.3 Å². The normalized spacial score (nSPS) is 28.5. The van der Waals surface area contributed by atoms with Gasteiger partial charge in [0.1, 0.15) is 5.82 Å². The van der Waals surface area contributed by atoms with E-state index in [1.54, 1.807) is 12.1 Å². The van der Waals surface area contributed by atoms with Gasteiger partial charge in [-0.25, -0.2) is 4.39 Å². The van der Waals surface area contributed by atoms with Gasteiger partial charge in [-0.05, 0) is 42.4 Å². The van der Waals surface area contributed by atoms with Crippen molar-refractivity contribution in [2.45, 2.75) is 31.1 Å². The Balaban J connectivity index is 0.00000156. The molecular formula is C18H24ClFN2O. The molecule has 1 aromatic rings. The average Bonchev–Trinajstić information content (AvgIpc) is 3.22. The van der Waals surface area contributed by atoms with Crippen molar-refractivity contribution in [1.82, 2.24) is 10.2 Å². The summed E-state index contributed by atoms with van der Waals surface area (Å²) in [4.78, 5) is 15.4. The molecule has 2 saturated heterocycles. The molecule has 1 aromatic carbocycles. The van der Waals surface area contributed by atoms with E-state index in [4.69, 9.17) is 0 Å². The second-order valence-electron chi connectivity index (χ2n) is 7.19. The van der Waals surface area contributed by atoms with Crippen molar-refractivity contribution in [2.75, 3.05) is 26.2 Å². The van der Waals surface area contributed by atoms with Gasteiger partial charge in [0.05, 0.1) is 5.41 Å². The van der Waals surface area contributed by atoms with Gasteiger partial charge in [0, 0.05) is 26.2 Å². The maximum absolute atomic E-state index is 13.7. The largest absolute Gasteiger partial charge is 0.341 e. The first-order valence-electron chi connectivity index (χ1n) is 8.45. The molecule has 0 aromatic heterocycles. The van der Waals surface area contributed by atoms with Crippen molar-refractivity contribution in [3.8, 4) is 0 Å². The highest BCUT2D eigenvalue weighted by molar-refractivity contribution is 5.89. The number of nitrogens with one attached hydrogen (secondary N) is 1. The first-order valence-corrected chi connectivity index (χ1v) is 8.45. The number of carbonyl (C=O) groups excluding carboxylic acids is 1. The maximum atomic E-state index is 13.7. The molecule has 3 nitrogen and oxygen atoms in total. The Bertz CT molecular complexity index is 576. The first-order chi connectivity index (χ1) is 10.7. The monoisotopic (exact) mass is 338 g/mol. The molecular weight excluding hydrogens is 315 g/mol. The van der Waals surface area contributed by atoms with Gasteiger partial charge in [0.25, 0.3) is 0 Å². The molecule has 0 unspecified atom stereocenters. The van der Waals surface area contributed by atoms with Crippen LogP contribution in [0.5, 0.6) is 0 Å². The summed E-state index contributed by atoms with van der Waals surface area (Å²) in [5, 5.41) is 3.41. The first kappa shape index (κ1) is 16.7. The number of benzene rings is 1. The fraction of sp³-hybridized carbons (Fsp3) is 0.611. The Morgan fingerprint density at radius 3 is 2.43 bits per heavy atom. The molecule has 2 atom stereocenters. The van der Waals surface area contributed by atoms with Gasteiger partial charge in [-0.2, -0.15) is 0 Å². The quantitative estimate of drug-likeness (QED) is 0.899. The van der Waals surface area contributed by atoms with Crippen LogP contribution < -0.4 is 5.32 Å². The smallest absolute Gasteiger partial charge is 0.233 e. The van der Waals surface area contributed by atoms with E-state index in [9.17, 15) is 9.18 Å². The van der Waals surface area contributed by atoms with E-state index in [0.717, 1.165) is 57.4 Å². The zero-order chi connectivity index (χ0) is 15.2. The minimum absolute atomic E-state index is 0. The van der Waals surface area contributed by atoms with Crippen LogP contribution in [0, 0.1) is 17.7 Å². The summed E-state index contributed by atoms with van der Waals surface area (Å²) >= 11 is 0. The lowest BCUT2D eigenvalue weighted by Gasteiger charge is -2.33. The Kier molecular flexibility index (Phi) is 4.65. The number of likely N-dealkylation sites (tertiary alicyclic amines) is 1. The van der Waals surface area contributed by atoms with Crippen molar-refractivity contribution in [1.29, 1.82) is 0 Å². The number of halogens is 2. The van der Waals surface area contributed by atoms with E-state index in [-0.39, 0.29) is 24.1 Å². The third kappa shape index (κ3) is 2.76. The molecule has 1 N–H and O–H groups in total. The van der Waals surface area contributed by atoms with Crippen LogP contribution in [0.4, 0.5) is 4.39 Å². The predicted octanol–water partition coefficient (Wildman–Crippen LogP) is 2.74. The molecule has 3 fully saturated rings. The highest BCUT2D eigenvalue weighted by Crippen LogP contribution is 2.44. The number of nitrogens with zero attached hydrogens (tertiary/aromatic N) is 1. The minimum Gasteiger partial charge on any atom is -0.341 e. The summed E-state index contributed by atoms with van der Waals surface area (Å²) < 4.78 is 13.7. The fourth-order valence-corrected chi connectivity index (χ4v) is 4.71. The van der Waals surface area contributed by atoms with Crippen molar-refractivity contribution in [3.05, 3.63) is 35.6 Å². The Morgan fingerprint density at radius 2 is 1.83 bits per heavy atom. The zero-order valence-electron chi connectivity index (χ0n) is 13.3. The van der Waals surface area contributed by atoms with Crippen LogP contribution in [0.25, 0.3) is 0 Å². The van der Waals surface area contributed by atoms with Crippen molar-refractivity contribution in [3.63, 3.8) is 0 Å². The molecule has 1 aliphatic carbocycles. The summed E-state index contributed by atoms with van der Waals surface area (Å²) in [5.74, 6) is 1.22. The molecule has 3 aliphatic rings. The predicted molar refractivity (Wildman–Crippen MR) is 90.2 cm³/mol. The summed E-state index contributed by atoms with van der Waals surface area (Å²) in [6.07, 6.45) is 3.84. The van der Waals surface area contributed by atoms with Crippen LogP contribution in [0.3, 0.4) is 0 Å². The van der Waals surface area contributed by atoms with E-state index in [1.165, 1.54) is 6.07 Å². The van der Waals surface area contributed by atoms with Crippen LogP contribution in [0.2, 0.25) is 0 Å². The fourth-order valence-electron chi connectivity index (χ4n) is 4.71. The second kappa shape index (κ2) is 6.40.